The molecule has 21 heavy (non-hydrogen) atoms. The number of para-hydroxylation sites is 1. The summed E-state index contributed by atoms with van der Waals surface area (Å²) in [4.78, 5) is 0. The van der Waals surface area contributed by atoms with Gasteiger partial charge in [-0.05, 0) is 19.4 Å². The number of nitrogens with zero attached hydrogens (tertiary/aromatic N) is 2. The molecular formula is C15H18Cl2N2O2. The molecular weight excluding hydrogens is 311 g/mol. The highest BCUT2D eigenvalue weighted by molar-refractivity contribution is 6.32. The Morgan fingerprint density at radius 3 is 2.67 bits per heavy atom. The van der Waals surface area contributed by atoms with E-state index in [1.807, 2.05) is 18.5 Å². The van der Waals surface area contributed by atoms with Crippen molar-refractivity contribution in [1.29, 1.82) is 0 Å². The maximum atomic E-state index is 9.36. The van der Waals surface area contributed by atoms with Crippen LogP contribution in [0.3, 0.4) is 0 Å². The second-order valence-electron chi connectivity index (χ2n) is 4.55. The molecule has 6 heteroatoms. The molecule has 0 atom stereocenters. The van der Waals surface area contributed by atoms with Crippen LogP contribution in [0.1, 0.15) is 30.8 Å². The van der Waals surface area contributed by atoms with Gasteiger partial charge in [0.1, 0.15) is 12.4 Å². The highest BCUT2D eigenvalue weighted by Crippen LogP contribution is 2.30. The molecule has 2 rings (SSSR count). The third-order valence-corrected chi connectivity index (χ3v) is 4.00. The van der Waals surface area contributed by atoms with Gasteiger partial charge in [-0.2, -0.15) is 5.10 Å². The van der Waals surface area contributed by atoms with E-state index in [0.717, 1.165) is 17.8 Å². The maximum absolute atomic E-state index is 9.36. The fourth-order valence-corrected chi connectivity index (χ4v) is 2.71. The van der Waals surface area contributed by atoms with Crippen LogP contribution in [-0.4, -0.2) is 14.9 Å². The summed E-state index contributed by atoms with van der Waals surface area (Å²) < 4.78 is 7.62. The Morgan fingerprint density at radius 2 is 2.05 bits per heavy atom. The van der Waals surface area contributed by atoms with E-state index in [4.69, 9.17) is 27.9 Å². The summed E-state index contributed by atoms with van der Waals surface area (Å²) in [6.07, 6.45) is 0.771. The van der Waals surface area contributed by atoms with Crippen LogP contribution in [0.15, 0.2) is 18.2 Å². The lowest BCUT2D eigenvalue weighted by atomic mass is 10.2. The molecule has 0 saturated carbocycles. The van der Waals surface area contributed by atoms with Gasteiger partial charge >= 0.3 is 0 Å². The SMILES string of the molecule is CCc1nn(CC)c(COc2c(Cl)cccc2CO)c1Cl. The number of rotatable bonds is 6. The number of benzene rings is 1. The van der Waals surface area contributed by atoms with Crippen LogP contribution in [0.4, 0.5) is 0 Å². The summed E-state index contributed by atoms with van der Waals surface area (Å²) in [5.41, 5.74) is 2.33. The first-order valence-corrected chi connectivity index (χ1v) is 7.63. The minimum Gasteiger partial charge on any atom is -0.485 e. The van der Waals surface area contributed by atoms with E-state index < -0.39 is 0 Å². The average Bonchev–Trinajstić information content (AvgIpc) is 2.81. The summed E-state index contributed by atoms with van der Waals surface area (Å²) in [6, 6.07) is 5.28. The molecule has 0 radical (unpaired) electrons. The Bertz CT molecular complexity index is 626. The number of halogens is 2. The van der Waals surface area contributed by atoms with Gasteiger partial charge in [-0.1, -0.05) is 42.3 Å². The number of aryl methyl sites for hydroxylation is 2. The summed E-state index contributed by atoms with van der Waals surface area (Å²) in [5.74, 6) is 0.486. The van der Waals surface area contributed by atoms with Gasteiger partial charge in [0.2, 0.25) is 0 Å². The third kappa shape index (κ3) is 3.34. The molecule has 2 aromatic rings. The van der Waals surface area contributed by atoms with Crippen molar-refractivity contribution in [3.8, 4) is 5.75 Å². The first kappa shape index (κ1) is 16.1. The molecule has 1 aromatic carbocycles. The van der Waals surface area contributed by atoms with Crippen molar-refractivity contribution >= 4 is 23.2 Å². The van der Waals surface area contributed by atoms with Gasteiger partial charge in [-0.15, -0.1) is 0 Å². The second-order valence-corrected chi connectivity index (χ2v) is 5.34. The number of ether oxygens (including phenoxy) is 1. The number of aliphatic hydroxyl groups excluding tert-OH is 1. The maximum Gasteiger partial charge on any atom is 0.143 e. The lowest BCUT2D eigenvalue weighted by Gasteiger charge is -2.12. The molecule has 0 amide bonds. The molecule has 0 aliphatic carbocycles. The van der Waals surface area contributed by atoms with Crippen molar-refractivity contribution in [2.24, 2.45) is 0 Å². The average molecular weight is 329 g/mol. The van der Waals surface area contributed by atoms with E-state index in [2.05, 4.69) is 5.10 Å². The highest BCUT2D eigenvalue weighted by atomic mass is 35.5. The number of aromatic nitrogens is 2. The summed E-state index contributed by atoms with van der Waals surface area (Å²) in [7, 11) is 0. The fraction of sp³-hybridized carbons (Fsp3) is 0.400. The Balaban J connectivity index is 2.26. The number of hydrogen-bond donors (Lipinski definition) is 1. The molecule has 1 aromatic heterocycles. The van der Waals surface area contributed by atoms with E-state index in [-0.39, 0.29) is 13.2 Å². The number of hydrogen-bond acceptors (Lipinski definition) is 3. The molecule has 114 valence electrons. The van der Waals surface area contributed by atoms with Crippen molar-refractivity contribution in [3.05, 3.63) is 45.2 Å². The lowest BCUT2D eigenvalue weighted by molar-refractivity contribution is 0.255. The van der Waals surface area contributed by atoms with Crippen LogP contribution in [0.25, 0.3) is 0 Å². The van der Waals surface area contributed by atoms with Crippen molar-refractivity contribution in [3.63, 3.8) is 0 Å². The van der Waals surface area contributed by atoms with E-state index >= 15 is 0 Å². The second kappa shape index (κ2) is 7.16. The predicted molar refractivity (Wildman–Crippen MR) is 84.0 cm³/mol. The Morgan fingerprint density at radius 1 is 1.29 bits per heavy atom. The van der Waals surface area contributed by atoms with E-state index in [1.165, 1.54) is 0 Å². The molecule has 1 N–H and O–H groups in total. The summed E-state index contributed by atoms with van der Waals surface area (Å²) in [5, 5.41) is 14.9. The molecule has 0 saturated heterocycles. The molecule has 1 heterocycles. The van der Waals surface area contributed by atoms with Gasteiger partial charge in [0.25, 0.3) is 0 Å². The number of aliphatic hydroxyl groups is 1. The molecule has 4 nitrogen and oxygen atoms in total. The molecule has 0 aliphatic rings. The first-order valence-electron chi connectivity index (χ1n) is 6.87. The molecule has 0 fully saturated rings. The van der Waals surface area contributed by atoms with Crippen LogP contribution in [0, 0.1) is 0 Å². The standard InChI is InChI=1S/C15H18Cl2N2O2/c1-3-12-14(17)13(19(4-2)18-12)9-21-15-10(8-20)6-5-7-11(15)16/h5-7,20H,3-4,8-9H2,1-2H3. The largest absolute Gasteiger partial charge is 0.485 e. The van der Waals surface area contributed by atoms with Gasteiger partial charge in [0.05, 0.1) is 28.0 Å². The van der Waals surface area contributed by atoms with Crippen molar-refractivity contribution < 1.29 is 9.84 Å². The van der Waals surface area contributed by atoms with Crippen LogP contribution in [0.2, 0.25) is 10.0 Å². The van der Waals surface area contributed by atoms with E-state index in [9.17, 15) is 5.11 Å². The minimum atomic E-state index is -0.128. The molecule has 0 bridgehead atoms. The lowest BCUT2D eigenvalue weighted by Crippen LogP contribution is -2.07. The van der Waals surface area contributed by atoms with Crippen molar-refractivity contribution in [2.75, 3.05) is 0 Å². The highest BCUT2D eigenvalue weighted by Gasteiger charge is 2.16. The van der Waals surface area contributed by atoms with Crippen LogP contribution in [-0.2, 0) is 26.2 Å². The van der Waals surface area contributed by atoms with Gasteiger partial charge < -0.3 is 9.84 Å². The van der Waals surface area contributed by atoms with Crippen LogP contribution >= 0.6 is 23.2 Å². The zero-order valence-corrected chi connectivity index (χ0v) is 13.6. The summed E-state index contributed by atoms with van der Waals surface area (Å²) >= 11 is 12.5. The fourth-order valence-electron chi connectivity index (χ4n) is 2.14. The zero-order chi connectivity index (χ0) is 15.4. The molecule has 0 unspecified atom stereocenters. The normalized spacial score (nSPS) is 10.9. The molecule has 0 spiro atoms. The van der Waals surface area contributed by atoms with Gasteiger partial charge in [-0.25, -0.2) is 0 Å². The van der Waals surface area contributed by atoms with Gasteiger partial charge in [0.15, 0.2) is 0 Å². The Labute approximate surface area is 134 Å². The monoisotopic (exact) mass is 328 g/mol. The smallest absolute Gasteiger partial charge is 0.143 e. The first-order chi connectivity index (χ1) is 10.1. The third-order valence-electron chi connectivity index (χ3n) is 3.27. The predicted octanol–water partition coefficient (Wildman–Crippen LogP) is 3.84. The van der Waals surface area contributed by atoms with Crippen LogP contribution in [0.5, 0.6) is 5.75 Å². The zero-order valence-electron chi connectivity index (χ0n) is 12.1. The summed E-state index contributed by atoms with van der Waals surface area (Å²) in [6.45, 7) is 4.86. The van der Waals surface area contributed by atoms with Gasteiger partial charge in [0, 0.05) is 12.1 Å². The minimum absolute atomic E-state index is 0.128. The van der Waals surface area contributed by atoms with Crippen molar-refractivity contribution in [2.45, 2.75) is 40.0 Å². The quantitative estimate of drug-likeness (QED) is 0.876. The van der Waals surface area contributed by atoms with Gasteiger partial charge in [-0.3, -0.25) is 4.68 Å². The van der Waals surface area contributed by atoms with Crippen molar-refractivity contribution in [1.82, 2.24) is 9.78 Å². The van der Waals surface area contributed by atoms with E-state index in [0.29, 0.717) is 27.9 Å². The topological polar surface area (TPSA) is 47.3 Å². The van der Waals surface area contributed by atoms with Crippen LogP contribution < -0.4 is 4.74 Å². The Hall–Kier alpha value is -1.23. The Kier molecular flexibility index (Phi) is 5.51. The van der Waals surface area contributed by atoms with E-state index in [1.54, 1.807) is 18.2 Å². The molecule has 0 aliphatic heterocycles.